The fourth-order valence-corrected chi connectivity index (χ4v) is 3.78. The third-order valence-electron chi connectivity index (χ3n) is 5.24. The van der Waals surface area contributed by atoms with Crippen LogP contribution in [0.15, 0.2) is 49.2 Å². The first-order valence-corrected chi connectivity index (χ1v) is 9.79. The van der Waals surface area contributed by atoms with Crippen molar-refractivity contribution in [2.24, 2.45) is 0 Å². The number of hydrogen-bond acceptors (Lipinski definition) is 8. The third kappa shape index (κ3) is 4.29. The molecule has 2 aliphatic heterocycles. The molecule has 0 spiro atoms. The zero-order valence-electron chi connectivity index (χ0n) is 16.6. The van der Waals surface area contributed by atoms with E-state index < -0.39 is 0 Å². The van der Waals surface area contributed by atoms with Gasteiger partial charge in [-0.2, -0.15) is 0 Å². The van der Waals surface area contributed by atoms with Crippen LogP contribution >= 0.6 is 0 Å². The largest absolute Gasteiger partial charge is 0.453 e. The van der Waals surface area contributed by atoms with Crippen LogP contribution in [-0.2, 0) is 11.3 Å². The average Bonchev–Trinajstić information content (AvgIpc) is 3.45. The van der Waals surface area contributed by atoms with Gasteiger partial charge in [-0.1, -0.05) is 0 Å². The summed E-state index contributed by atoms with van der Waals surface area (Å²) in [6.07, 6.45) is 10.1. The molecule has 0 unspecified atom stereocenters. The van der Waals surface area contributed by atoms with Gasteiger partial charge in [0.05, 0.1) is 24.1 Å². The Kier molecular flexibility index (Phi) is 5.99. The highest BCUT2D eigenvalue weighted by Gasteiger charge is 2.32. The van der Waals surface area contributed by atoms with E-state index in [0.717, 1.165) is 30.6 Å². The summed E-state index contributed by atoms with van der Waals surface area (Å²) in [6, 6.07) is 5.22. The molecule has 3 aromatic heterocycles. The van der Waals surface area contributed by atoms with Crippen molar-refractivity contribution in [1.29, 1.82) is 0 Å². The number of likely N-dealkylation sites (tertiary alicyclic amines) is 1. The highest BCUT2D eigenvalue weighted by molar-refractivity contribution is 5.94. The quantitative estimate of drug-likeness (QED) is 0.664. The molecule has 162 valence electrons. The van der Waals surface area contributed by atoms with Gasteiger partial charge in [-0.25, -0.2) is 9.97 Å². The van der Waals surface area contributed by atoms with E-state index in [9.17, 15) is 4.79 Å². The number of anilines is 1. The molecule has 1 N–H and O–H groups in total. The normalized spacial score (nSPS) is 17.2. The molecule has 10 heteroatoms. The van der Waals surface area contributed by atoms with E-state index in [4.69, 9.17) is 9.47 Å². The summed E-state index contributed by atoms with van der Waals surface area (Å²) in [7, 11) is 0. The summed E-state index contributed by atoms with van der Waals surface area (Å²) in [5, 5.41) is 2.94. The Balaban J connectivity index is 0.00000144. The lowest BCUT2D eigenvalue weighted by Gasteiger charge is -2.23. The minimum atomic E-state index is -0.246. The van der Waals surface area contributed by atoms with E-state index in [0.29, 0.717) is 29.6 Å². The highest BCUT2D eigenvalue weighted by Crippen LogP contribution is 2.35. The Labute approximate surface area is 179 Å². The van der Waals surface area contributed by atoms with Gasteiger partial charge in [-0.3, -0.25) is 24.4 Å². The molecule has 5 heterocycles. The first kappa shape index (κ1) is 20.6. The monoisotopic (exact) mass is 426 g/mol. The molecule has 1 amide bonds. The van der Waals surface area contributed by atoms with Crippen molar-refractivity contribution < 1.29 is 20.4 Å². The molecule has 31 heavy (non-hydrogen) atoms. The Morgan fingerprint density at radius 2 is 1.94 bits per heavy atom. The molecule has 0 saturated carbocycles. The average molecular weight is 426 g/mol. The number of nitrogens with zero attached hydrogens (tertiary/aromatic N) is 5. The Hall–Kier alpha value is -3.66. The number of carbonyl (C=O) groups is 1. The lowest BCUT2D eigenvalue weighted by molar-refractivity contribution is -0.120. The standard InChI is InChI=1S/C21H20N6O3.FH.H2/c28-21(26-15-10-24-20(25-11-15)14-3-6-22-7-4-14)17-2-1-9-27(17)12-16-19-18(5-8-23-16)29-13-30-19;;/h3-8,10-11,17H,1-2,9,12-13H2,(H,26,28);2*1H/t17-;;/m1../s1. The zero-order chi connectivity index (χ0) is 20.3. The van der Waals surface area contributed by atoms with Gasteiger partial charge in [-0.15, -0.1) is 0 Å². The van der Waals surface area contributed by atoms with Crippen LogP contribution in [0.25, 0.3) is 11.4 Å². The van der Waals surface area contributed by atoms with Crippen molar-refractivity contribution in [2.45, 2.75) is 25.4 Å². The molecule has 0 aromatic carbocycles. The summed E-state index contributed by atoms with van der Waals surface area (Å²) in [5.74, 6) is 1.89. The van der Waals surface area contributed by atoms with Crippen molar-refractivity contribution in [3.05, 3.63) is 54.9 Å². The number of carbonyl (C=O) groups excluding carboxylic acids is 1. The summed E-state index contributed by atoms with van der Waals surface area (Å²) in [4.78, 5) is 32.1. The molecule has 1 saturated heterocycles. The van der Waals surface area contributed by atoms with Crippen molar-refractivity contribution >= 4 is 11.6 Å². The van der Waals surface area contributed by atoms with E-state index in [2.05, 4.69) is 30.2 Å². The summed E-state index contributed by atoms with van der Waals surface area (Å²) in [6.45, 7) is 1.55. The van der Waals surface area contributed by atoms with E-state index in [1.807, 2.05) is 12.1 Å². The molecule has 9 nitrogen and oxygen atoms in total. The van der Waals surface area contributed by atoms with Crippen molar-refractivity contribution in [2.75, 3.05) is 18.7 Å². The van der Waals surface area contributed by atoms with Crippen LogP contribution in [0.2, 0.25) is 0 Å². The highest BCUT2D eigenvalue weighted by atomic mass is 19.0. The molecule has 1 atom stereocenters. The predicted molar refractivity (Wildman–Crippen MR) is 112 cm³/mol. The summed E-state index contributed by atoms with van der Waals surface area (Å²) in [5.41, 5.74) is 2.23. The zero-order valence-corrected chi connectivity index (χ0v) is 16.6. The summed E-state index contributed by atoms with van der Waals surface area (Å²) >= 11 is 0. The Morgan fingerprint density at radius 3 is 2.74 bits per heavy atom. The molecule has 0 bridgehead atoms. The van der Waals surface area contributed by atoms with Crippen molar-refractivity contribution in [3.8, 4) is 22.9 Å². The number of rotatable bonds is 5. The number of hydrogen-bond donors (Lipinski definition) is 1. The maximum absolute atomic E-state index is 12.9. The first-order valence-electron chi connectivity index (χ1n) is 9.79. The lowest BCUT2D eigenvalue weighted by Crippen LogP contribution is -2.39. The summed E-state index contributed by atoms with van der Waals surface area (Å²) < 4.78 is 11.0. The second kappa shape index (κ2) is 9.00. The molecule has 5 rings (SSSR count). The van der Waals surface area contributed by atoms with E-state index in [1.165, 1.54) is 0 Å². The smallest absolute Gasteiger partial charge is 0.241 e. The number of fused-ring (bicyclic) bond motifs is 1. The SMILES string of the molecule is F.O=C(Nc1cnc(-c2ccncc2)nc1)[C@H]1CCCN1Cc1nccc2c1OCO2.[HH]. The van der Waals surface area contributed by atoms with Gasteiger partial charge in [0.15, 0.2) is 17.3 Å². The molecular formula is C21H23FN6O3. The number of pyridine rings is 2. The van der Waals surface area contributed by atoms with E-state index in [-0.39, 0.29) is 24.9 Å². The van der Waals surface area contributed by atoms with Gasteiger partial charge in [0.2, 0.25) is 12.7 Å². The van der Waals surface area contributed by atoms with Crippen molar-refractivity contribution in [1.82, 2.24) is 24.8 Å². The second-order valence-corrected chi connectivity index (χ2v) is 7.14. The van der Waals surface area contributed by atoms with Crippen LogP contribution in [-0.4, -0.2) is 50.1 Å². The Bertz CT molecular complexity index is 1060. The molecule has 2 aliphatic rings. The molecule has 0 radical (unpaired) electrons. The predicted octanol–water partition coefficient (Wildman–Crippen LogP) is 2.66. The maximum Gasteiger partial charge on any atom is 0.241 e. The van der Waals surface area contributed by atoms with Crippen LogP contribution in [0, 0.1) is 0 Å². The third-order valence-corrected chi connectivity index (χ3v) is 5.24. The fraction of sp³-hybridized carbons (Fsp3) is 0.286. The topological polar surface area (TPSA) is 102 Å². The number of ether oxygens (including phenoxy) is 2. The molecule has 0 aliphatic carbocycles. The van der Waals surface area contributed by atoms with Gasteiger partial charge in [-0.05, 0) is 31.5 Å². The van der Waals surface area contributed by atoms with Crippen molar-refractivity contribution in [3.63, 3.8) is 0 Å². The van der Waals surface area contributed by atoms with Crippen LogP contribution in [0.3, 0.4) is 0 Å². The molecule has 1 fully saturated rings. The van der Waals surface area contributed by atoms with Gasteiger partial charge in [0.1, 0.15) is 5.69 Å². The number of nitrogens with one attached hydrogen (secondary N) is 1. The minimum Gasteiger partial charge on any atom is -0.453 e. The fourth-order valence-electron chi connectivity index (χ4n) is 3.78. The lowest BCUT2D eigenvalue weighted by atomic mass is 10.2. The van der Waals surface area contributed by atoms with Crippen LogP contribution in [0.1, 0.15) is 20.0 Å². The van der Waals surface area contributed by atoms with Gasteiger partial charge in [0.25, 0.3) is 0 Å². The van der Waals surface area contributed by atoms with Gasteiger partial charge < -0.3 is 14.8 Å². The van der Waals surface area contributed by atoms with Crippen LogP contribution in [0.4, 0.5) is 10.4 Å². The first-order chi connectivity index (χ1) is 14.8. The minimum absolute atomic E-state index is 0. The maximum atomic E-state index is 12.9. The van der Waals surface area contributed by atoms with Crippen LogP contribution < -0.4 is 14.8 Å². The molecule has 3 aromatic rings. The van der Waals surface area contributed by atoms with E-state index >= 15 is 0 Å². The van der Waals surface area contributed by atoms with Crippen LogP contribution in [0.5, 0.6) is 11.5 Å². The second-order valence-electron chi connectivity index (χ2n) is 7.14. The molecular weight excluding hydrogens is 403 g/mol. The number of aromatic nitrogens is 4. The van der Waals surface area contributed by atoms with E-state index in [1.54, 1.807) is 37.1 Å². The van der Waals surface area contributed by atoms with Gasteiger partial charge in [0, 0.05) is 38.2 Å². The Morgan fingerprint density at radius 1 is 1.13 bits per heavy atom. The number of amides is 1. The number of halogens is 1. The van der Waals surface area contributed by atoms with Gasteiger partial charge >= 0.3 is 0 Å².